The number of hydrogen-bond acceptors (Lipinski definition) is 1. The average molecular weight is 174 g/mol. The molecule has 2 nitrogen and oxygen atoms in total. The summed E-state index contributed by atoms with van der Waals surface area (Å²) in [6.07, 6.45) is 2.04. The molecule has 0 atom stereocenters. The highest BCUT2D eigenvalue weighted by Crippen LogP contribution is 2.17. The van der Waals surface area contributed by atoms with Crippen molar-refractivity contribution in [2.75, 3.05) is 0 Å². The van der Waals surface area contributed by atoms with Crippen molar-refractivity contribution in [2.24, 2.45) is 7.05 Å². The van der Waals surface area contributed by atoms with Crippen molar-refractivity contribution in [3.05, 3.63) is 30.1 Å². The number of aromatic nitrogens is 2. The molecule has 13 heavy (non-hydrogen) atoms. The fraction of sp³-hybridized carbons (Fsp3) is 0.364. The summed E-state index contributed by atoms with van der Waals surface area (Å²) in [6.45, 7) is 4.33. The molecule has 0 unspecified atom stereocenters. The van der Waals surface area contributed by atoms with Crippen LogP contribution >= 0.6 is 0 Å². The number of nitrogens with zero attached hydrogens (tertiary/aromatic N) is 2. The van der Waals surface area contributed by atoms with Crippen LogP contribution in [0.25, 0.3) is 11.0 Å². The van der Waals surface area contributed by atoms with Gasteiger partial charge in [-0.25, -0.2) is 4.98 Å². The van der Waals surface area contributed by atoms with Crippen molar-refractivity contribution in [2.45, 2.75) is 19.8 Å². The van der Waals surface area contributed by atoms with Crippen LogP contribution in [0.2, 0.25) is 0 Å². The molecule has 68 valence electrons. The maximum atomic E-state index is 4.60. The highest BCUT2D eigenvalue weighted by atomic mass is 15.0. The van der Waals surface area contributed by atoms with Crippen LogP contribution < -0.4 is 0 Å². The van der Waals surface area contributed by atoms with Crippen LogP contribution in [-0.2, 0) is 7.05 Å². The standard InChI is InChI=1S/C11H14N2/c1-8(2)10-5-4-9-6-7-13(3)11(9)12-10/h4-8H,1-3H3. The topological polar surface area (TPSA) is 17.8 Å². The molecule has 0 N–H and O–H groups in total. The Hall–Kier alpha value is -1.31. The van der Waals surface area contributed by atoms with E-state index in [0.717, 1.165) is 11.3 Å². The number of hydrogen-bond donors (Lipinski definition) is 0. The minimum Gasteiger partial charge on any atom is -0.336 e. The van der Waals surface area contributed by atoms with Crippen LogP contribution in [0.5, 0.6) is 0 Å². The van der Waals surface area contributed by atoms with Gasteiger partial charge in [-0.3, -0.25) is 0 Å². The first kappa shape index (κ1) is 8.30. The van der Waals surface area contributed by atoms with Crippen molar-refractivity contribution in [3.8, 4) is 0 Å². The maximum Gasteiger partial charge on any atom is 0.139 e. The predicted octanol–water partition coefficient (Wildman–Crippen LogP) is 2.70. The molecular weight excluding hydrogens is 160 g/mol. The fourth-order valence-corrected chi connectivity index (χ4v) is 1.47. The van der Waals surface area contributed by atoms with Crippen LogP contribution in [0.4, 0.5) is 0 Å². The second-order valence-corrected chi connectivity index (χ2v) is 3.73. The van der Waals surface area contributed by atoms with E-state index in [1.807, 2.05) is 13.2 Å². The molecular formula is C11H14N2. The molecule has 0 radical (unpaired) electrons. The molecule has 2 heteroatoms. The van der Waals surface area contributed by atoms with Gasteiger partial charge in [0.15, 0.2) is 0 Å². The molecule has 2 aromatic rings. The van der Waals surface area contributed by atoms with E-state index in [4.69, 9.17) is 0 Å². The highest BCUT2D eigenvalue weighted by Gasteiger charge is 2.03. The predicted molar refractivity (Wildman–Crippen MR) is 54.8 cm³/mol. The summed E-state index contributed by atoms with van der Waals surface area (Å²) in [5.74, 6) is 0.499. The van der Waals surface area contributed by atoms with Crippen LogP contribution in [0, 0.1) is 0 Å². The summed E-state index contributed by atoms with van der Waals surface area (Å²) in [4.78, 5) is 4.60. The first-order chi connectivity index (χ1) is 6.18. The van der Waals surface area contributed by atoms with E-state index in [1.165, 1.54) is 5.39 Å². The lowest BCUT2D eigenvalue weighted by atomic mass is 10.1. The smallest absolute Gasteiger partial charge is 0.139 e. The molecule has 0 bridgehead atoms. The first-order valence-electron chi connectivity index (χ1n) is 4.60. The monoisotopic (exact) mass is 174 g/mol. The second kappa shape index (κ2) is 2.87. The molecule has 0 aliphatic carbocycles. The molecule has 0 saturated carbocycles. The van der Waals surface area contributed by atoms with Gasteiger partial charge >= 0.3 is 0 Å². The summed E-state index contributed by atoms with van der Waals surface area (Å²) < 4.78 is 2.06. The van der Waals surface area contributed by atoms with Crippen molar-refractivity contribution in [1.29, 1.82) is 0 Å². The molecule has 2 heterocycles. The molecule has 2 aromatic heterocycles. The Morgan fingerprint density at radius 2 is 2.00 bits per heavy atom. The third-order valence-corrected chi connectivity index (χ3v) is 2.33. The lowest BCUT2D eigenvalue weighted by molar-refractivity contribution is 0.820. The summed E-state index contributed by atoms with van der Waals surface area (Å²) in [5, 5.41) is 1.21. The van der Waals surface area contributed by atoms with E-state index in [1.54, 1.807) is 0 Å². The normalized spacial score (nSPS) is 11.4. The lowest BCUT2D eigenvalue weighted by Gasteiger charge is -2.04. The molecule has 2 rings (SSSR count). The van der Waals surface area contributed by atoms with Crippen molar-refractivity contribution < 1.29 is 0 Å². The number of fused-ring (bicyclic) bond motifs is 1. The molecule has 0 aliphatic rings. The third kappa shape index (κ3) is 1.32. The quantitative estimate of drug-likeness (QED) is 0.650. The van der Waals surface area contributed by atoms with Gasteiger partial charge in [0.1, 0.15) is 5.65 Å². The molecule has 0 aliphatic heterocycles. The Balaban J connectivity index is 2.66. The Morgan fingerprint density at radius 1 is 1.23 bits per heavy atom. The molecule has 0 saturated heterocycles. The first-order valence-corrected chi connectivity index (χ1v) is 4.60. The average Bonchev–Trinajstić information content (AvgIpc) is 2.47. The van der Waals surface area contributed by atoms with Gasteiger partial charge in [0.05, 0.1) is 0 Å². The van der Waals surface area contributed by atoms with E-state index in [9.17, 15) is 0 Å². The molecule has 0 spiro atoms. The Morgan fingerprint density at radius 3 is 2.69 bits per heavy atom. The summed E-state index contributed by atoms with van der Waals surface area (Å²) >= 11 is 0. The van der Waals surface area contributed by atoms with Crippen LogP contribution in [0.1, 0.15) is 25.5 Å². The van der Waals surface area contributed by atoms with Gasteiger partial charge in [0.25, 0.3) is 0 Å². The van der Waals surface area contributed by atoms with Crippen molar-refractivity contribution in [3.63, 3.8) is 0 Å². The Bertz CT molecular complexity index is 427. The summed E-state index contributed by atoms with van der Waals surface area (Å²) in [6, 6.07) is 6.33. The van der Waals surface area contributed by atoms with E-state index < -0.39 is 0 Å². The van der Waals surface area contributed by atoms with Gasteiger partial charge < -0.3 is 4.57 Å². The summed E-state index contributed by atoms with van der Waals surface area (Å²) in [7, 11) is 2.03. The fourth-order valence-electron chi connectivity index (χ4n) is 1.47. The van der Waals surface area contributed by atoms with Crippen molar-refractivity contribution in [1.82, 2.24) is 9.55 Å². The molecule has 0 amide bonds. The third-order valence-electron chi connectivity index (χ3n) is 2.33. The zero-order valence-corrected chi connectivity index (χ0v) is 8.28. The number of aryl methyl sites for hydroxylation is 1. The van der Waals surface area contributed by atoms with Crippen molar-refractivity contribution >= 4 is 11.0 Å². The number of rotatable bonds is 1. The SMILES string of the molecule is CC(C)c1ccc2ccn(C)c2n1. The van der Waals surface area contributed by atoms with Gasteiger partial charge in [0, 0.05) is 24.3 Å². The largest absolute Gasteiger partial charge is 0.336 e. The molecule has 0 fully saturated rings. The van der Waals surface area contributed by atoms with E-state index >= 15 is 0 Å². The van der Waals surface area contributed by atoms with Gasteiger partial charge in [-0.05, 0) is 24.1 Å². The zero-order valence-electron chi connectivity index (χ0n) is 8.28. The second-order valence-electron chi connectivity index (χ2n) is 3.73. The van der Waals surface area contributed by atoms with E-state index in [2.05, 4.69) is 41.6 Å². The Kier molecular flexibility index (Phi) is 1.83. The highest BCUT2D eigenvalue weighted by molar-refractivity contribution is 5.76. The van der Waals surface area contributed by atoms with Crippen LogP contribution in [-0.4, -0.2) is 9.55 Å². The zero-order chi connectivity index (χ0) is 9.42. The minimum absolute atomic E-state index is 0.499. The summed E-state index contributed by atoms with van der Waals surface area (Å²) in [5.41, 5.74) is 2.24. The molecule has 0 aromatic carbocycles. The van der Waals surface area contributed by atoms with E-state index in [-0.39, 0.29) is 0 Å². The van der Waals surface area contributed by atoms with Gasteiger partial charge in [0.2, 0.25) is 0 Å². The van der Waals surface area contributed by atoms with Gasteiger partial charge in [-0.1, -0.05) is 13.8 Å². The minimum atomic E-state index is 0.499. The van der Waals surface area contributed by atoms with Crippen LogP contribution in [0.15, 0.2) is 24.4 Å². The lowest BCUT2D eigenvalue weighted by Crippen LogP contribution is -1.95. The number of pyridine rings is 1. The Labute approximate surface area is 78.2 Å². The maximum absolute atomic E-state index is 4.60. The van der Waals surface area contributed by atoms with E-state index in [0.29, 0.717) is 5.92 Å². The van der Waals surface area contributed by atoms with Crippen LogP contribution in [0.3, 0.4) is 0 Å². The van der Waals surface area contributed by atoms with Gasteiger partial charge in [-0.15, -0.1) is 0 Å². The van der Waals surface area contributed by atoms with Gasteiger partial charge in [-0.2, -0.15) is 0 Å².